The third-order valence-electron chi connectivity index (χ3n) is 4.75. The van der Waals surface area contributed by atoms with Gasteiger partial charge in [0, 0.05) is 30.3 Å². The lowest BCUT2D eigenvalue weighted by molar-refractivity contribution is 0.174. The Morgan fingerprint density at radius 2 is 2.26 bits per heavy atom. The molecule has 1 saturated heterocycles. The summed E-state index contributed by atoms with van der Waals surface area (Å²) in [4.78, 5) is 2.43. The van der Waals surface area contributed by atoms with Crippen LogP contribution in [-0.4, -0.2) is 48.1 Å². The molecule has 122 valence electrons. The second kappa shape index (κ2) is 6.22. The van der Waals surface area contributed by atoms with Gasteiger partial charge in [-0.15, -0.1) is 0 Å². The summed E-state index contributed by atoms with van der Waals surface area (Å²) >= 11 is 0. The monoisotopic (exact) mass is 314 g/mol. The number of rotatable bonds is 5. The molecule has 6 nitrogen and oxygen atoms in total. The van der Waals surface area contributed by atoms with Crippen molar-refractivity contribution in [1.82, 2.24) is 20.4 Å². The van der Waals surface area contributed by atoms with Gasteiger partial charge in [-0.2, -0.15) is 5.10 Å². The van der Waals surface area contributed by atoms with E-state index in [9.17, 15) is 0 Å². The maximum Gasteiger partial charge on any atom is 0.231 e. The first-order valence-corrected chi connectivity index (χ1v) is 8.14. The van der Waals surface area contributed by atoms with Crippen molar-refractivity contribution in [2.24, 2.45) is 0 Å². The van der Waals surface area contributed by atoms with Gasteiger partial charge in [0.2, 0.25) is 6.79 Å². The van der Waals surface area contributed by atoms with Crippen molar-refractivity contribution in [1.29, 1.82) is 0 Å². The molecule has 4 rings (SSSR count). The smallest absolute Gasteiger partial charge is 0.231 e. The van der Waals surface area contributed by atoms with E-state index < -0.39 is 0 Å². The Hall–Kier alpha value is -2.05. The molecule has 1 aromatic heterocycles. The van der Waals surface area contributed by atoms with E-state index in [1.54, 1.807) is 0 Å². The van der Waals surface area contributed by atoms with Crippen molar-refractivity contribution in [2.75, 3.05) is 26.9 Å². The van der Waals surface area contributed by atoms with E-state index in [1.807, 2.05) is 24.4 Å². The highest BCUT2D eigenvalue weighted by Crippen LogP contribution is 2.36. The normalized spacial score (nSPS) is 20.3. The molecular weight excluding hydrogens is 292 g/mol. The fourth-order valence-corrected chi connectivity index (χ4v) is 3.36. The summed E-state index contributed by atoms with van der Waals surface area (Å²) in [5, 5.41) is 10.9. The molecule has 0 amide bonds. The van der Waals surface area contributed by atoms with E-state index in [0.29, 0.717) is 12.8 Å². The van der Waals surface area contributed by atoms with Crippen LogP contribution in [0, 0.1) is 0 Å². The number of aromatic amines is 1. The van der Waals surface area contributed by atoms with Gasteiger partial charge in [-0.3, -0.25) is 5.10 Å². The van der Waals surface area contributed by atoms with E-state index in [4.69, 9.17) is 9.47 Å². The van der Waals surface area contributed by atoms with Gasteiger partial charge in [0.25, 0.3) is 0 Å². The SMILES string of the molecule is CN1CCC[C@@H]1CNCc1cn[nH]c1-c1ccc2c(c1)OCO2. The van der Waals surface area contributed by atoms with Gasteiger partial charge >= 0.3 is 0 Å². The molecule has 2 aliphatic heterocycles. The van der Waals surface area contributed by atoms with Crippen LogP contribution in [0.2, 0.25) is 0 Å². The maximum atomic E-state index is 5.46. The van der Waals surface area contributed by atoms with Crippen molar-refractivity contribution >= 4 is 0 Å². The number of nitrogens with one attached hydrogen (secondary N) is 2. The predicted molar refractivity (Wildman–Crippen MR) is 87.5 cm³/mol. The average molecular weight is 314 g/mol. The van der Waals surface area contributed by atoms with Gasteiger partial charge < -0.3 is 19.7 Å². The van der Waals surface area contributed by atoms with Gasteiger partial charge in [0.05, 0.1) is 11.9 Å². The summed E-state index contributed by atoms with van der Waals surface area (Å²) in [6.45, 7) is 3.33. The topological polar surface area (TPSA) is 62.4 Å². The number of H-pyrrole nitrogens is 1. The molecule has 3 heterocycles. The summed E-state index contributed by atoms with van der Waals surface area (Å²) in [6.07, 6.45) is 4.48. The molecule has 2 N–H and O–H groups in total. The largest absolute Gasteiger partial charge is 0.454 e. The summed E-state index contributed by atoms with van der Waals surface area (Å²) in [7, 11) is 2.20. The van der Waals surface area contributed by atoms with Gasteiger partial charge in [-0.25, -0.2) is 0 Å². The van der Waals surface area contributed by atoms with E-state index in [2.05, 4.69) is 27.5 Å². The van der Waals surface area contributed by atoms with Gasteiger partial charge in [-0.1, -0.05) is 0 Å². The van der Waals surface area contributed by atoms with Crippen molar-refractivity contribution in [2.45, 2.75) is 25.4 Å². The maximum absolute atomic E-state index is 5.46. The zero-order valence-corrected chi connectivity index (χ0v) is 13.3. The molecule has 2 aromatic rings. The van der Waals surface area contributed by atoms with Gasteiger partial charge in [0.1, 0.15) is 0 Å². The van der Waals surface area contributed by atoms with Crippen LogP contribution in [0.5, 0.6) is 11.5 Å². The Morgan fingerprint density at radius 3 is 3.13 bits per heavy atom. The fraction of sp³-hybridized carbons (Fsp3) is 0.471. The lowest BCUT2D eigenvalue weighted by Gasteiger charge is -2.19. The number of hydrogen-bond acceptors (Lipinski definition) is 5. The zero-order valence-electron chi connectivity index (χ0n) is 13.3. The van der Waals surface area contributed by atoms with E-state index in [0.717, 1.165) is 35.8 Å². The van der Waals surface area contributed by atoms with Crippen LogP contribution >= 0.6 is 0 Å². The lowest BCUT2D eigenvalue weighted by atomic mass is 10.1. The summed E-state index contributed by atoms with van der Waals surface area (Å²) in [6, 6.07) is 6.64. The second-order valence-corrected chi connectivity index (χ2v) is 6.25. The van der Waals surface area contributed by atoms with Crippen LogP contribution in [0.1, 0.15) is 18.4 Å². The van der Waals surface area contributed by atoms with Crippen LogP contribution in [0.25, 0.3) is 11.3 Å². The molecule has 1 atom stereocenters. The standard InChI is InChI=1S/C17H22N4O2/c1-21-6-2-3-14(21)10-18-8-13-9-19-20-17(13)12-4-5-15-16(7-12)23-11-22-15/h4-5,7,9,14,18H,2-3,6,8,10-11H2,1H3,(H,19,20)/t14-/m1/s1. The molecule has 0 spiro atoms. The highest BCUT2D eigenvalue weighted by Gasteiger charge is 2.20. The number of aromatic nitrogens is 2. The Labute approximate surface area is 135 Å². The number of fused-ring (bicyclic) bond motifs is 1. The molecule has 6 heteroatoms. The second-order valence-electron chi connectivity index (χ2n) is 6.25. The first-order valence-electron chi connectivity index (χ1n) is 8.14. The van der Waals surface area contributed by atoms with Crippen LogP contribution in [0.3, 0.4) is 0 Å². The number of likely N-dealkylation sites (N-methyl/N-ethyl adjacent to an activating group) is 1. The Morgan fingerprint density at radius 1 is 1.35 bits per heavy atom. The first kappa shape index (κ1) is 14.5. The molecule has 0 saturated carbocycles. The van der Waals surface area contributed by atoms with Crippen LogP contribution in [0.4, 0.5) is 0 Å². The average Bonchev–Trinajstić information content (AvgIpc) is 3.28. The molecule has 0 aliphatic carbocycles. The molecule has 1 fully saturated rings. The van der Waals surface area contributed by atoms with E-state index in [-0.39, 0.29) is 0 Å². The molecular formula is C17H22N4O2. The number of hydrogen-bond donors (Lipinski definition) is 2. The highest BCUT2D eigenvalue weighted by atomic mass is 16.7. The summed E-state index contributed by atoms with van der Waals surface area (Å²) in [5.41, 5.74) is 3.28. The third kappa shape index (κ3) is 2.92. The van der Waals surface area contributed by atoms with E-state index >= 15 is 0 Å². The molecule has 1 aromatic carbocycles. The predicted octanol–water partition coefficient (Wildman–Crippen LogP) is 1.99. The summed E-state index contributed by atoms with van der Waals surface area (Å²) < 4.78 is 10.8. The summed E-state index contributed by atoms with van der Waals surface area (Å²) in [5.74, 6) is 1.60. The van der Waals surface area contributed by atoms with Crippen LogP contribution in [-0.2, 0) is 6.54 Å². The van der Waals surface area contributed by atoms with E-state index in [1.165, 1.54) is 24.9 Å². The first-order chi connectivity index (χ1) is 11.3. The number of likely N-dealkylation sites (tertiary alicyclic amines) is 1. The Balaban J connectivity index is 1.44. The van der Waals surface area contributed by atoms with Gasteiger partial charge in [-0.05, 0) is 44.6 Å². The Bertz CT molecular complexity index is 685. The zero-order chi connectivity index (χ0) is 15.6. The minimum atomic E-state index is 0.297. The van der Waals surface area contributed by atoms with Crippen molar-refractivity contribution in [3.63, 3.8) is 0 Å². The number of ether oxygens (including phenoxy) is 2. The Kier molecular flexibility index (Phi) is 3.93. The van der Waals surface area contributed by atoms with Crippen molar-refractivity contribution < 1.29 is 9.47 Å². The molecule has 23 heavy (non-hydrogen) atoms. The van der Waals surface area contributed by atoms with Crippen LogP contribution < -0.4 is 14.8 Å². The quantitative estimate of drug-likeness (QED) is 0.884. The van der Waals surface area contributed by atoms with Crippen LogP contribution in [0.15, 0.2) is 24.4 Å². The molecule has 2 aliphatic rings. The molecule has 0 bridgehead atoms. The minimum absolute atomic E-state index is 0.297. The lowest BCUT2D eigenvalue weighted by Crippen LogP contribution is -2.35. The van der Waals surface area contributed by atoms with Gasteiger partial charge in [0.15, 0.2) is 11.5 Å². The number of benzene rings is 1. The highest BCUT2D eigenvalue weighted by molar-refractivity contribution is 5.66. The third-order valence-corrected chi connectivity index (χ3v) is 4.75. The molecule has 0 radical (unpaired) electrons. The van der Waals surface area contributed by atoms with Crippen molar-refractivity contribution in [3.8, 4) is 22.8 Å². The minimum Gasteiger partial charge on any atom is -0.454 e. The van der Waals surface area contributed by atoms with Crippen molar-refractivity contribution in [3.05, 3.63) is 30.0 Å². The molecule has 0 unspecified atom stereocenters. The fourth-order valence-electron chi connectivity index (χ4n) is 3.36. The number of nitrogens with zero attached hydrogens (tertiary/aromatic N) is 2.